The van der Waals surface area contributed by atoms with Crippen molar-refractivity contribution < 1.29 is 9.59 Å². The number of benzene rings is 2. The molecule has 3 rings (SSSR count). The van der Waals surface area contributed by atoms with E-state index in [1.165, 1.54) is 0 Å². The third-order valence-corrected chi connectivity index (χ3v) is 3.70. The monoisotopic (exact) mass is 304 g/mol. The van der Waals surface area contributed by atoms with E-state index in [-0.39, 0.29) is 5.91 Å². The van der Waals surface area contributed by atoms with E-state index in [2.05, 4.69) is 10.3 Å². The molecule has 0 fully saturated rings. The normalized spacial score (nSPS) is 10.4. The zero-order valence-corrected chi connectivity index (χ0v) is 12.5. The van der Waals surface area contributed by atoms with Gasteiger partial charge in [0.2, 0.25) is 0 Å². The minimum absolute atomic E-state index is 0.180. The number of pyridine rings is 1. The minimum Gasteiger partial charge on any atom is -0.352 e. The summed E-state index contributed by atoms with van der Waals surface area (Å²) in [6.07, 6.45) is 3.18. The van der Waals surface area contributed by atoms with Crippen LogP contribution in [0.2, 0.25) is 0 Å². The summed E-state index contributed by atoms with van der Waals surface area (Å²) in [6, 6.07) is 16.6. The number of carbonyl (C=O) groups is 2. The Kier molecular flexibility index (Phi) is 4.43. The van der Waals surface area contributed by atoms with Gasteiger partial charge in [0.25, 0.3) is 5.91 Å². The first-order valence-corrected chi connectivity index (χ1v) is 7.44. The molecule has 0 atom stereocenters. The Morgan fingerprint density at radius 1 is 1.04 bits per heavy atom. The molecule has 23 heavy (non-hydrogen) atoms. The van der Waals surface area contributed by atoms with Gasteiger partial charge >= 0.3 is 0 Å². The van der Waals surface area contributed by atoms with E-state index in [4.69, 9.17) is 0 Å². The molecule has 0 aliphatic carbocycles. The van der Waals surface area contributed by atoms with Crippen LogP contribution in [-0.4, -0.2) is 23.7 Å². The minimum atomic E-state index is -0.180. The Balaban J connectivity index is 1.80. The maximum Gasteiger partial charge on any atom is 0.251 e. The predicted octanol–water partition coefficient (Wildman–Crippen LogP) is 3.02. The second-order valence-electron chi connectivity index (χ2n) is 5.20. The van der Waals surface area contributed by atoms with Gasteiger partial charge in [-0.2, -0.15) is 0 Å². The molecule has 0 radical (unpaired) electrons. The van der Waals surface area contributed by atoms with Gasteiger partial charge in [-0.3, -0.25) is 14.6 Å². The number of carbonyl (C=O) groups excluding carboxylic acids is 2. The molecule has 2 aromatic carbocycles. The van der Waals surface area contributed by atoms with Crippen LogP contribution in [-0.2, 0) is 6.42 Å². The maximum absolute atomic E-state index is 12.5. The van der Waals surface area contributed by atoms with Crippen LogP contribution in [0.1, 0.15) is 26.4 Å². The fourth-order valence-corrected chi connectivity index (χ4v) is 2.60. The van der Waals surface area contributed by atoms with Crippen molar-refractivity contribution in [2.75, 3.05) is 6.54 Å². The average Bonchev–Trinajstić information content (AvgIpc) is 2.61. The highest BCUT2D eigenvalue weighted by Crippen LogP contribution is 2.22. The Morgan fingerprint density at radius 2 is 1.87 bits per heavy atom. The van der Waals surface area contributed by atoms with E-state index >= 15 is 0 Å². The predicted molar refractivity (Wildman–Crippen MR) is 89.6 cm³/mol. The van der Waals surface area contributed by atoms with Gasteiger partial charge in [0.1, 0.15) is 0 Å². The molecule has 1 amide bonds. The lowest BCUT2D eigenvalue weighted by Gasteiger charge is -2.09. The summed E-state index contributed by atoms with van der Waals surface area (Å²) in [5.41, 5.74) is 1.98. The lowest BCUT2D eigenvalue weighted by Crippen LogP contribution is -2.26. The van der Waals surface area contributed by atoms with Crippen LogP contribution in [0, 0.1) is 0 Å². The molecule has 0 aliphatic heterocycles. The lowest BCUT2D eigenvalue weighted by atomic mass is 9.99. The van der Waals surface area contributed by atoms with Gasteiger partial charge in [0, 0.05) is 41.4 Å². The molecule has 0 spiro atoms. The Morgan fingerprint density at radius 3 is 2.61 bits per heavy atom. The Bertz CT molecular complexity index is 839. The van der Waals surface area contributed by atoms with Crippen LogP contribution in [0.4, 0.5) is 0 Å². The standard InChI is InChI=1S/C19H16N2O2/c22-13-15-7-3-5-14-6-4-9-17(18(14)15)19(23)21-12-10-16-8-1-2-11-20-16/h1-9,11,13H,10,12H2,(H,21,23). The van der Waals surface area contributed by atoms with Crippen LogP contribution < -0.4 is 5.32 Å². The van der Waals surface area contributed by atoms with E-state index in [9.17, 15) is 9.59 Å². The third kappa shape index (κ3) is 3.26. The zero-order valence-electron chi connectivity index (χ0n) is 12.5. The molecule has 0 saturated heterocycles. The van der Waals surface area contributed by atoms with Crippen LogP contribution in [0.3, 0.4) is 0 Å². The van der Waals surface area contributed by atoms with Crippen molar-refractivity contribution in [1.29, 1.82) is 0 Å². The fourth-order valence-electron chi connectivity index (χ4n) is 2.60. The van der Waals surface area contributed by atoms with Crippen LogP contribution in [0.25, 0.3) is 10.8 Å². The first-order chi connectivity index (χ1) is 11.3. The zero-order chi connectivity index (χ0) is 16.1. The van der Waals surface area contributed by atoms with Crippen molar-refractivity contribution in [2.45, 2.75) is 6.42 Å². The molecule has 0 aliphatic rings. The number of nitrogens with zero attached hydrogens (tertiary/aromatic N) is 1. The summed E-state index contributed by atoms with van der Waals surface area (Å²) in [6.45, 7) is 0.496. The summed E-state index contributed by atoms with van der Waals surface area (Å²) in [4.78, 5) is 28.0. The molecule has 4 heteroatoms. The quantitative estimate of drug-likeness (QED) is 0.737. The topological polar surface area (TPSA) is 59.1 Å². The highest BCUT2D eigenvalue weighted by Gasteiger charge is 2.12. The van der Waals surface area contributed by atoms with Crippen molar-refractivity contribution in [3.63, 3.8) is 0 Å². The molecule has 1 N–H and O–H groups in total. The number of amides is 1. The second-order valence-corrected chi connectivity index (χ2v) is 5.20. The number of nitrogens with one attached hydrogen (secondary N) is 1. The lowest BCUT2D eigenvalue weighted by molar-refractivity contribution is 0.0955. The first kappa shape index (κ1) is 14.9. The first-order valence-electron chi connectivity index (χ1n) is 7.44. The van der Waals surface area contributed by atoms with Gasteiger partial charge in [0.05, 0.1) is 0 Å². The van der Waals surface area contributed by atoms with Crippen LogP contribution in [0.5, 0.6) is 0 Å². The van der Waals surface area contributed by atoms with Gasteiger partial charge in [-0.05, 0) is 23.6 Å². The summed E-state index contributed by atoms with van der Waals surface area (Å²) in [5, 5.41) is 4.47. The van der Waals surface area contributed by atoms with Gasteiger partial charge in [-0.1, -0.05) is 36.4 Å². The van der Waals surface area contributed by atoms with Gasteiger partial charge < -0.3 is 5.32 Å². The van der Waals surface area contributed by atoms with E-state index in [1.54, 1.807) is 18.3 Å². The van der Waals surface area contributed by atoms with Gasteiger partial charge in [-0.15, -0.1) is 0 Å². The third-order valence-electron chi connectivity index (χ3n) is 3.70. The number of rotatable bonds is 5. The molecule has 3 aromatic rings. The SMILES string of the molecule is O=Cc1cccc2cccc(C(=O)NCCc3ccccn3)c12. The molecule has 1 aromatic heterocycles. The fraction of sp³-hybridized carbons (Fsp3) is 0.105. The van der Waals surface area contributed by atoms with Gasteiger partial charge in [-0.25, -0.2) is 0 Å². The van der Waals surface area contributed by atoms with Crippen molar-refractivity contribution >= 4 is 23.0 Å². The molecular weight excluding hydrogens is 288 g/mol. The van der Waals surface area contributed by atoms with E-state index < -0.39 is 0 Å². The number of aromatic nitrogens is 1. The summed E-state index contributed by atoms with van der Waals surface area (Å²) in [5.74, 6) is -0.180. The van der Waals surface area contributed by atoms with Crippen LogP contribution >= 0.6 is 0 Å². The van der Waals surface area contributed by atoms with Crippen LogP contribution in [0.15, 0.2) is 60.8 Å². The van der Waals surface area contributed by atoms with E-state index in [0.29, 0.717) is 29.5 Å². The molecule has 0 bridgehead atoms. The van der Waals surface area contributed by atoms with Gasteiger partial charge in [0.15, 0.2) is 6.29 Å². The summed E-state index contributed by atoms with van der Waals surface area (Å²) < 4.78 is 0. The molecule has 114 valence electrons. The summed E-state index contributed by atoms with van der Waals surface area (Å²) >= 11 is 0. The van der Waals surface area contributed by atoms with Crippen molar-refractivity contribution in [2.24, 2.45) is 0 Å². The number of fused-ring (bicyclic) bond motifs is 1. The second kappa shape index (κ2) is 6.83. The molecule has 0 unspecified atom stereocenters. The maximum atomic E-state index is 12.5. The van der Waals surface area contributed by atoms with E-state index in [1.807, 2.05) is 42.5 Å². The molecule has 1 heterocycles. The number of hydrogen-bond donors (Lipinski definition) is 1. The molecule has 0 saturated carbocycles. The van der Waals surface area contributed by atoms with E-state index in [0.717, 1.165) is 17.4 Å². The largest absolute Gasteiger partial charge is 0.352 e. The number of hydrogen-bond acceptors (Lipinski definition) is 3. The average molecular weight is 304 g/mol. The van der Waals surface area contributed by atoms with Crippen molar-refractivity contribution in [3.05, 3.63) is 77.6 Å². The highest BCUT2D eigenvalue weighted by atomic mass is 16.1. The number of aldehydes is 1. The summed E-state index contributed by atoms with van der Waals surface area (Å²) in [7, 11) is 0. The smallest absolute Gasteiger partial charge is 0.251 e. The van der Waals surface area contributed by atoms with Crippen molar-refractivity contribution in [1.82, 2.24) is 10.3 Å². The Labute approximate surface area is 134 Å². The molecule has 4 nitrogen and oxygen atoms in total. The molecular formula is C19H16N2O2. The Hall–Kier alpha value is -3.01. The van der Waals surface area contributed by atoms with Crippen molar-refractivity contribution in [3.8, 4) is 0 Å². The highest BCUT2D eigenvalue weighted by molar-refractivity contribution is 6.12.